The Morgan fingerprint density at radius 1 is 1.12 bits per heavy atom. The highest BCUT2D eigenvalue weighted by atomic mass is 15.2. The van der Waals surface area contributed by atoms with E-state index in [1.54, 1.807) is 0 Å². The number of rotatable bonds is 3. The normalized spacial score (nSPS) is 12.4. The van der Waals surface area contributed by atoms with Gasteiger partial charge in [-0.25, -0.2) is 5.43 Å². The number of nitrogens with one attached hydrogen (secondary N) is 1. The van der Waals surface area contributed by atoms with Crippen molar-refractivity contribution in [3.8, 4) is 0 Å². The Hall–Kier alpha value is -1.71. The summed E-state index contributed by atoms with van der Waals surface area (Å²) in [6.07, 6.45) is 0. The number of nitrogens with zero attached hydrogens (tertiary/aromatic N) is 1. The molecule has 0 bridgehead atoms. The monoisotopic (exact) mass is 227 g/mol. The highest BCUT2D eigenvalue weighted by Crippen LogP contribution is 2.20. The second-order valence-electron chi connectivity index (χ2n) is 4.22. The van der Waals surface area contributed by atoms with Crippen LogP contribution in [0.25, 0.3) is 0 Å². The summed E-state index contributed by atoms with van der Waals surface area (Å²) < 4.78 is 0. The first kappa shape index (κ1) is 11.8. The van der Waals surface area contributed by atoms with Gasteiger partial charge in [0.15, 0.2) is 0 Å². The molecular formula is C14H17N3. The lowest BCUT2D eigenvalue weighted by molar-refractivity contribution is 0.619. The minimum atomic E-state index is -0.0604. The fourth-order valence-electron chi connectivity index (χ4n) is 1.93. The first-order valence-electron chi connectivity index (χ1n) is 5.67. The quantitative estimate of drug-likeness (QED) is 0.624. The molecule has 0 aliphatic heterocycles. The predicted molar refractivity (Wildman–Crippen MR) is 69.3 cm³/mol. The fourth-order valence-corrected chi connectivity index (χ4v) is 1.93. The van der Waals surface area contributed by atoms with Crippen molar-refractivity contribution < 1.29 is 0 Å². The molecule has 1 aromatic carbocycles. The lowest BCUT2D eigenvalue weighted by Crippen LogP contribution is -2.29. The van der Waals surface area contributed by atoms with E-state index in [0.29, 0.717) is 0 Å². The first-order valence-corrected chi connectivity index (χ1v) is 5.67. The van der Waals surface area contributed by atoms with Gasteiger partial charge in [-0.3, -0.25) is 10.8 Å². The molecular weight excluding hydrogens is 210 g/mol. The Labute approximate surface area is 102 Å². The number of hydrogen-bond donors (Lipinski definition) is 2. The molecule has 1 unspecified atom stereocenters. The van der Waals surface area contributed by atoms with Gasteiger partial charge in [0.25, 0.3) is 0 Å². The molecule has 88 valence electrons. The van der Waals surface area contributed by atoms with Gasteiger partial charge in [-0.05, 0) is 31.5 Å². The van der Waals surface area contributed by atoms with Gasteiger partial charge in [0.2, 0.25) is 0 Å². The number of pyridine rings is 1. The van der Waals surface area contributed by atoms with Gasteiger partial charge >= 0.3 is 0 Å². The number of aromatic nitrogens is 1. The smallest absolute Gasteiger partial charge is 0.0881 e. The first-order chi connectivity index (χ1) is 8.20. The van der Waals surface area contributed by atoms with E-state index in [1.807, 2.05) is 31.2 Å². The van der Waals surface area contributed by atoms with Crippen LogP contribution in [0.5, 0.6) is 0 Å². The fraction of sp³-hybridized carbons (Fsp3) is 0.214. The standard InChI is InChI=1S/C14H17N3/c1-10-5-3-7-12(9-10)14(17-15)13-8-4-6-11(2)16-13/h3-9,14,17H,15H2,1-2H3. The Balaban J connectivity index is 2.40. The summed E-state index contributed by atoms with van der Waals surface area (Å²) in [7, 11) is 0. The Bertz CT molecular complexity index is 463. The molecule has 0 aliphatic rings. The molecule has 0 amide bonds. The van der Waals surface area contributed by atoms with Gasteiger partial charge < -0.3 is 0 Å². The molecule has 17 heavy (non-hydrogen) atoms. The summed E-state index contributed by atoms with van der Waals surface area (Å²) in [5.41, 5.74) is 7.11. The van der Waals surface area contributed by atoms with Crippen LogP contribution in [0, 0.1) is 13.8 Å². The van der Waals surface area contributed by atoms with Crippen LogP contribution in [0.15, 0.2) is 42.5 Å². The molecule has 1 heterocycles. The van der Waals surface area contributed by atoms with Crippen LogP contribution in [0.2, 0.25) is 0 Å². The molecule has 1 atom stereocenters. The van der Waals surface area contributed by atoms with Gasteiger partial charge in [-0.2, -0.15) is 0 Å². The van der Waals surface area contributed by atoms with E-state index >= 15 is 0 Å². The lowest BCUT2D eigenvalue weighted by atomic mass is 10.0. The summed E-state index contributed by atoms with van der Waals surface area (Å²) in [6, 6.07) is 14.2. The molecule has 0 saturated heterocycles. The third kappa shape index (κ3) is 2.70. The van der Waals surface area contributed by atoms with E-state index < -0.39 is 0 Å². The SMILES string of the molecule is Cc1cccc(C(NN)c2cccc(C)n2)c1. The van der Waals surface area contributed by atoms with Crippen molar-refractivity contribution in [2.24, 2.45) is 5.84 Å². The Kier molecular flexibility index (Phi) is 3.52. The maximum atomic E-state index is 5.65. The summed E-state index contributed by atoms with van der Waals surface area (Å²) in [5.74, 6) is 5.65. The van der Waals surface area contributed by atoms with E-state index in [9.17, 15) is 0 Å². The van der Waals surface area contributed by atoms with Crippen molar-refractivity contribution in [2.75, 3.05) is 0 Å². The zero-order valence-corrected chi connectivity index (χ0v) is 10.1. The van der Waals surface area contributed by atoms with E-state index in [2.05, 4.69) is 35.5 Å². The predicted octanol–water partition coefficient (Wildman–Crippen LogP) is 2.25. The molecule has 0 spiro atoms. The van der Waals surface area contributed by atoms with E-state index in [0.717, 1.165) is 17.0 Å². The lowest BCUT2D eigenvalue weighted by Gasteiger charge is -2.16. The molecule has 2 rings (SSSR count). The zero-order valence-electron chi connectivity index (χ0n) is 10.1. The van der Waals surface area contributed by atoms with E-state index in [1.165, 1.54) is 5.56 Å². The molecule has 0 saturated carbocycles. The topological polar surface area (TPSA) is 50.9 Å². The number of benzene rings is 1. The average Bonchev–Trinajstić information content (AvgIpc) is 2.30. The Morgan fingerprint density at radius 3 is 2.53 bits per heavy atom. The number of aryl methyl sites for hydroxylation is 2. The van der Waals surface area contributed by atoms with E-state index in [-0.39, 0.29) is 6.04 Å². The molecule has 1 aromatic heterocycles. The van der Waals surface area contributed by atoms with Crippen molar-refractivity contribution in [1.82, 2.24) is 10.4 Å². The van der Waals surface area contributed by atoms with Crippen LogP contribution in [0.4, 0.5) is 0 Å². The minimum Gasteiger partial charge on any atom is -0.271 e. The highest BCUT2D eigenvalue weighted by molar-refractivity contribution is 5.31. The van der Waals surface area contributed by atoms with Gasteiger partial charge in [0.05, 0.1) is 11.7 Å². The maximum Gasteiger partial charge on any atom is 0.0881 e. The van der Waals surface area contributed by atoms with Crippen molar-refractivity contribution in [3.63, 3.8) is 0 Å². The van der Waals surface area contributed by atoms with Crippen LogP contribution in [0.1, 0.15) is 28.6 Å². The van der Waals surface area contributed by atoms with Crippen LogP contribution in [-0.2, 0) is 0 Å². The van der Waals surface area contributed by atoms with E-state index in [4.69, 9.17) is 5.84 Å². The summed E-state index contributed by atoms with van der Waals surface area (Å²) in [5, 5.41) is 0. The molecule has 0 radical (unpaired) electrons. The number of nitrogens with two attached hydrogens (primary N) is 1. The molecule has 3 heteroatoms. The van der Waals surface area contributed by atoms with Gasteiger partial charge in [-0.1, -0.05) is 35.9 Å². The second-order valence-corrected chi connectivity index (χ2v) is 4.22. The van der Waals surface area contributed by atoms with Gasteiger partial charge in [0, 0.05) is 5.69 Å². The molecule has 3 nitrogen and oxygen atoms in total. The summed E-state index contributed by atoms with van der Waals surface area (Å²) in [4.78, 5) is 4.51. The van der Waals surface area contributed by atoms with Crippen molar-refractivity contribution >= 4 is 0 Å². The van der Waals surface area contributed by atoms with Crippen LogP contribution < -0.4 is 11.3 Å². The number of hydrazine groups is 1. The zero-order chi connectivity index (χ0) is 12.3. The maximum absolute atomic E-state index is 5.65. The van der Waals surface area contributed by atoms with Crippen LogP contribution in [-0.4, -0.2) is 4.98 Å². The van der Waals surface area contributed by atoms with Gasteiger partial charge in [0.1, 0.15) is 0 Å². The minimum absolute atomic E-state index is 0.0604. The summed E-state index contributed by atoms with van der Waals surface area (Å²) in [6.45, 7) is 4.05. The van der Waals surface area contributed by atoms with Crippen LogP contribution in [0.3, 0.4) is 0 Å². The third-order valence-electron chi connectivity index (χ3n) is 2.75. The van der Waals surface area contributed by atoms with Crippen molar-refractivity contribution in [1.29, 1.82) is 0 Å². The average molecular weight is 227 g/mol. The van der Waals surface area contributed by atoms with Crippen LogP contribution >= 0.6 is 0 Å². The van der Waals surface area contributed by atoms with Crippen molar-refractivity contribution in [3.05, 3.63) is 65.0 Å². The highest BCUT2D eigenvalue weighted by Gasteiger charge is 2.13. The van der Waals surface area contributed by atoms with Gasteiger partial charge in [-0.15, -0.1) is 0 Å². The Morgan fingerprint density at radius 2 is 1.88 bits per heavy atom. The molecule has 0 aliphatic carbocycles. The molecule has 3 N–H and O–H groups in total. The number of hydrogen-bond acceptors (Lipinski definition) is 3. The molecule has 2 aromatic rings. The molecule has 0 fully saturated rings. The summed E-state index contributed by atoms with van der Waals surface area (Å²) >= 11 is 0. The largest absolute Gasteiger partial charge is 0.271 e. The van der Waals surface area contributed by atoms with Crippen molar-refractivity contribution in [2.45, 2.75) is 19.9 Å². The third-order valence-corrected chi connectivity index (χ3v) is 2.75. The second kappa shape index (κ2) is 5.08.